The number of nitrogens with zero attached hydrogens (tertiary/aromatic N) is 2. The van der Waals surface area contributed by atoms with E-state index in [1.807, 2.05) is 11.8 Å². The highest BCUT2D eigenvalue weighted by Gasteiger charge is 2.13. The SMILES string of the molecule is CCN(CCC(=O)c1ccc(F)cc1)CC(=O)N(C)C. The summed E-state index contributed by atoms with van der Waals surface area (Å²) in [5, 5.41) is 0. The van der Waals surface area contributed by atoms with Crippen LogP contribution in [0.15, 0.2) is 24.3 Å². The number of carbonyl (C=O) groups excluding carboxylic acids is 2. The standard InChI is InChI=1S/C15H21FN2O2/c1-4-18(11-15(20)17(2)3)10-9-14(19)12-5-7-13(16)8-6-12/h5-8H,4,9-11H2,1-3H3. The number of halogens is 1. The molecule has 4 nitrogen and oxygen atoms in total. The molecule has 0 aliphatic carbocycles. The van der Waals surface area contributed by atoms with E-state index in [4.69, 9.17) is 0 Å². The lowest BCUT2D eigenvalue weighted by Gasteiger charge is -2.21. The molecule has 0 bridgehead atoms. The molecule has 5 heteroatoms. The summed E-state index contributed by atoms with van der Waals surface area (Å²) < 4.78 is 12.8. The van der Waals surface area contributed by atoms with Gasteiger partial charge in [0, 0.05) is 32.6 Å². The minimum absolute atomic E-state index is 0.0149. The van der Waals surface area contributed by atoms with Crippen molar-refractivity contribution in [2.75, 3.05) is 33.7 Å². The fraction of sp³-hybridized carbons (Fsp3) is 0.467. The van der Waals surface area contributed by atoms with Crippen LogP contribution in [0.5, 0.6) is 0 Å². The molecule has 0 saturated carbocycles. The van der Waals surface area contributed by atoms with Crippen molar-refractivity contribution >= 4 is 11.7 Å². The Hall–Kier alpha value is -1.75. The largest absolute Gasteiger partial charge is 0.348 e. The van der Waals surface area contributed by atoms with Crippen LogP contribution in [0, 0.1) is 5.82 Å². The van der Waals surface area contributed by atoms with Gasteiger partial charge in [0.15, 0.2) is 5.78 Å². The third kappa shape index (κ3) is 5.09. The second-order valence-electron chi connectivity index (χ2n) is 4.84. The van der Waals surface area contributed by atoms with Crippen molar-refractivity contribution < 1.29 is 14.0 Å². The normalized spacial score (nSPS) is 10.7. The Bertz CT molecular complexity index is 457. The van der Waals surface area contributed by atoms with Gasteiger partial charge in [-0.15, -0.1) is 0 Å². The van der Waals surface area contributed by atoms with E-state index in [1.54, 1.807) is 14.1 Å². The van der Waals surface area contributed by atoms with Gasteiger partial charge in [-0.1, -0.05) is 6.92 Å². The van der Waals surface area contributed by atoms with Crippen LogP contribution < -0.4 is 0 Å². The highest BCUT2D eigenvalue weighted by molar-refractivity contribution is 5.96. The summed E-state index contributed by atoms with van der Waals surface area (Å²) >= 11 is 0. The van der Waals surface area contributed by atoms with Gasteiger partial charge < -0.3 is 4.90 Å². The van der Waals surface area contributed by atoms with E-state index in [2.05, 4.69) is 0 Å². The summed E-state index contributed by atoms with van der Waals surface area (Å²) in [5.74, 6) is -0.379. The monoisotopic (exact) mass is 280 g/mol. The molecule has 1 amide bonds. The molecule has 0 fully saturated rings. The maximum absolute atomic E-state index is 12.8. The first kappa shape index (κ1) is 16.3. The molecule has 0 unspecified atom stereocenters. The van der Waals surface area contributed by atoms with Gasteiger partial charge in [0.1, 0.15) is 5.82 Å². The van der Waals surface area contributed by atoms with Crippen molar-refractivity contribution in [1.82, 2.24) is 9.80 Å². The summed E-state index contributed by atoms with van der Waals surface area (Å²) in [6.07, 6.45) is 0.320. The molecule has 0 aromatic heterocycles. The molecule has 20 heavy (non-hydrogen) atoms. The van der Waals surface area contributed by atoms with E-state index in [0.717, 1.165) is 0 Å². The summed E-state index contributed by atoms with van der Waals surface area (Å²) in [4.78, 5) is 27.0. The van der Waals surface area contributed by atoms with E-state index in [0.29, 0.717) is 31.6 Å². The zero-order chi connectivity index (χ0) is 15.1. The van der Waals surface area contributed by atoms with Crippen LogP contribution in [-0.2, 0) is 4.79 Å². The number of amides is 1. The third-order valence-corrected chi connectivity index (χ3v) is 3.13. The molecule has 0 saturated heterocycles. The number of carbonyl (C=O) groups is 2. The van der Waals surface area contributed by atoms with Crippen LogP contribution >= 0.6 is 0 Å². The molecule has 1 aromatic carbocycles. The topological polar surface area (TPSA) is 40.6 Å². The first-order valence-electron chi connectivity index (χ1n) is 6.65. The lowest BCUT2D eigenvalue weighted by molar-refractivity contribution is -0.129. The Morgan fingerprint density at radius 1 is 1.15 bits per heavy atom. The van der Waals surface area contributed by atoms with Crippen molar-refractivity contribution in [3.8, 4) is 0 Å². The van der Waals surface area contributed by atoms with Gasteiger partial charge in [0.25, 0.3) is 0 Å². The molecule has 1 aromatic rings. The molecule has 110 valence electrons. The van der Waals surface area contributed by atoms with Crippen LogP contribution in [0.25, 0.3) is 0 Å². The van der Waals surface area contributed by atoms with Gasteiger partial charge in [0.05, 0.1) is 6.54 Å². The number of benzene rings is 1. The maximum Gasteiger partial charge on any atom is 0.236 e. The number of likely N-dealkylation sites (N-methyl/N-ethyl adjacent to an activating group) is 2. The van der Waals surface area contributed by atoms with Crippen LogP contribution in [0.4, 0.5) is 4.39 Å². The molecule has 1 rings (SSSR count). The number of rotatable bonds is 7. The summed E-state index contributed by atoms with van der Waals surface area (Å²) in [6.45, 7) is 3.48. The van der Waals surface area contributed by atoms with E-state index in [9.17, 15) is 14.0 Å². The van der Waals surface area contributed by atoms with Crippen molar-refractivity contribution in [1.29, 1.82) is 0 Å². The van der Waals surface area contributed by atoms with Gasteiger partial charge in [0.2, 0.25) is 5.91 Å². The molecule has 0 aliphatic heterocycles. The number of ketones is 1. The minimum Gasteiger partial charge on any atom is -0.348 e. The Morgan fingerprint density at radius 2 is 1.75 bits per heavy atom. The molecule has 0 spiro atoms. The smallest absolute Gasteiger partial charge is 0.236 e. The summed E-state index contributed by atoms with van der Waals surface area (Å²) in [7, 11) is 3.42. The molecule has 0 atom stereocenters. The number of hydrogen-bond donors (Lipinski definition) is 0. The van der Waals surface area contributed by atoms with E-state index in [1.165, 1.54) is 29.2 Å². The van der Waals surface area contributed by atoms with Gasteiger partial charge in [-0.05, 0) is 30.8 Å². The van der Waals surface area contributed by atoms with Crippen molar-refractivity contribution in [2.24, 2.45) is 0 Å². The fourth-order valence-electron chi connectivity index (χ4n) is 1.72. The van der Waals surface area contributed by atoms with Crippen molar-refractivity contribution in [3.05, 3.63) is 35.6 Å². The second-order valence-corrected chi connectivity index (χ2v) is 4.84. The first-order valence-corrected chi connectivity index (χ1v) is 6.65. The van der Waals surface area contributed by atoms with Crippen LogP contribution in [0.3, 0.4) is 0 Å². The average Bonchev–Trinajstić information content (AvgIpc) is 2.43. The second kappa shape index (κ2) is 7.75. The molecule has 0 N–H and O–H groups in total. The maximum atomic E-state index is 12.8. The third-order valence-electron chi connectivity index (χ3n) is 3.13. The Balaban J connectivity index is 2.49. The minimum atomic E-state index is -0.353. The quantitative estimate of drug-likeness (QED) is 0.715. The highest BCUT2D eigenvalue weighted by atomic mass is 19.1. The Morgan fingerprint density at radius 3 is 2.25 bits per heavy atom. The van der Waals surface area contributed by atoms with Crippen molar-refractivity contribution in [3.63, 3.8) is 0 Å². The van der Waals surface area contributed by atoms with E-state index < -0.39 is 0 Å². The van der Waals surface area contributed by atoms with Gasteiger partial charge in [-0.25, -0.2) is 4.39 Å². The summed E-state index contributed by atoms with van der Waals surface area (Å²) in [6, 6.07) is 5.53. The molecular formula is C15H21FN2O2. The zero-order valence-corrected chi connectivity index (χ0v) is 12.2. The lowest BCUT2D eigenvalue weighted by atomic mass is 10.1. The molecular weight excluding hydrogens is 259 g/mol. The highest BCUT2D eigenvalue weighted by Crippen LogP contribution is 2.06. The van der Waals surface area contributed by atoms with Crippen LogP contribution in [-0.4, -0.2) is 55.2 Å². The van der Waals surface area contributed by atoms with Crippen LogP contribution in [0.1, 0.15) is 23.7 Å². The molecule has 0 heterocycles. The van der Waals surface area contributed by atoms with Crippen LogP contribution in [0.2, 0.25) is 0 Å². The van der Waals surface area contributed by atoms with E-state index in [-0.39, 0.29) is 17.5 Å². The predicted molar refractivity (Wildman–Crippen MR) is 76.2 cm³/mol. The van der Waals surface area contributed by atoms with Gasteiger partial charge >= 0.3 is 0 Å². The van der Waals surface area contributed by atoms with Gasteiger partial charge in [-0.3, -0.25) is 14.5 Å². The van der Waals surface area contributed by atoms with E-state index >= 15 is 0 Å². The van der Waals surface area contributed by atoms with Crippen molar-refractivity contribution in [2.45, 2.75) is 13.3 Å². The summed E-state index contributed by atoms with van der Waals surface area (Å²) in [5.41, 5.74) is 0.501. The lowest BCUT2D eigenvalue weighted by Crippen LogP contribution is -2.37. The Kier molecular flexibility index (Phi) is 6.31. The number of hydrogen-bond acceptors (Lipinski definition) is 3. The predicted octanol–water partition coefficient (Wildman–Crippen LogP) is 1.81. The average molecular weight is 280 g/mol. The Labute approximate surface area is 119 Å². The number of Topliss-reactive ketones (excluding diaryl/α,β-unsaturated/α-hetero) is 1. The first-order chi connectivity index (χ1) is 9.43. The molecule has 0 radical (unpaired) electrons. The zero-order valence-electron chi connectivity index (χ0n) is 12.2. The fourth-order valence-corrected chi connectivity index (χ4v) is 1.72. The van der Waals surface area contributed by atoms with Gasteiger partial charge in [-0.2, -0.15) is 0 Å². The molecule has 0 aliphatic rings.